The van der Waals surface area contributed by atoms with E-state index in [-0.39, 0.29) is 5.91 Å². The largest absolute Gasteiger partial charge is 0.393 e. The molecule has 1 saturated heterocycles. The number of carbonyl (C=O) groups excluding carboxylic acids is 1. The molecule has 0 aromatic carbocycles. The Morgan fingerprint density at radius 1 is 1.53 bits per heavy atom. The Balaban J connectivity index is 1.97. The number of nitrogens with zero attached hydrogens (tertiary/aromatic N) is 1. The lowest BCUT2D eigenvalue weighted by Gasteiger charge is -2.31. The molecule has 92 valence electrons. The molecule has 1 aromatic heterocycles. The number of hydrogen-bond donors (Lipinski definition) is 1. The highest BCUT2D eigenvalue weighted by atomic mass is 127. The number of thiocarbonyl (C=S) groups is 1. The topological polar surface area (TPSA) is 46.3 Å². The molecule has 2 N–H and O–H groups in total. The quantitative estimate of drug-likeness (QED) is 0.634. The smallest absolute Gasteiger partial charge is 0.254 e. The number of amides is 1. The van der Waals surface area contributed by atoms with Gasteiger partial charge in [0, 0.05) is 24.4 Å². The van der Waals surface area contributed by atoms with Crippen LogP contribution in [0, 0.1) is 8.80 Å². The highest BCUT2D eigenvalue weighted by Crippen LogP contribution is 2.22. The van der Waals surface area contributed by atoms with Crippen LogP contribution in [0.5, 0.6) is 0 Å². The molecule has 1 aromatic rings. The van der Waals surface area contributed by atoms with Crippen molar-refractivity contribution >= 4 is 57.0 Å². The zero-order valence-corrected chi connectivity index (χ0v) is 13.0. The van der Waals surface area contributed by atoms with Crippen molar-refractivity contribution in [2.24, 2.45) is 11.7 Å². The molecule has 1 aliphatic heterocycles. The minimum Gasteiger partial charge on any atom is -0.393 e. The fraction of sp³-hybridized carbons (Fsp3) is 0.455. The third-order valence-corrected chi connectivity index (χ3v) is 5.12. The molecular formula is C11H13IN2OS2. The fourth-order valence-electron chi connectivity index (χ4n) is 1.97. The monoisotopic (exact) mass is 380 g/mol. The number of rotatable bonds is 2. The predicted octanol–water partition coefficient (Wildman–Crippen LogP) is 2.49. The first-order valence-electron chi connectivity index (χ1n) is 5.40. The van der Waals surface area contributed by atoms with E-state index in [0.29, 0.717) is 10.9 Å². The van der Waals surface area contributed by atoms with Crippen LogP contribution < -0.4 is 5.73 Å². The van der Waals surface area contributed by atoms with E-state index in [1.807, 2.05) is 16.3 Å². The summed E-state index contributed by atoms with van der Waals surface area (Å²) in [6.45, 7) is 1.51. The highest BCUT2D eigenvalue weighted by Gasteiger charge is 2.25. The molecule has 0 unspecified atom stereocenters. The van der Waals surface area contributed by atoms with E-state index in [2.05, 4.69) is 22.6 Å². The Kier molecular flexibility index (Phi) is 4.37. The van der Waals surface area contributed by atoms with Gasteiger partial charge < -0.3 is 10.6 Å². The normalized spacial score (nSPS) is 17.1. The van der Waals surface area contributed by atoms with Crippen LogP contribution in [0.25, 0.3) is 0 Å². The summed E-state index contributed by atoms with van der Waals surface area (Å²) in [5.41, 5.74) is 6.43. The van der Waals surface area contributed by atoms with E-state index in [1.54, 1.807) is 11.3 Å². The molecule has 0 saturated carbocycles. The molecule has 0 spiro atoms. The van der Waals surface area contributed by atoms with Gasteiger partial charge in [-0.15, -0.1) is 11.3 Å². The molecule has 3 nitrogen and oxygen atoms in total. The van der Waals surface area contributed by atoms with E-state index in [1.165, 1.54) is 0 Å². The van der Waals surface area contributed by atoms with E-state index in [4.69, 9.17) is 18.0 Å². The number of likely N-dealkylation sites (tertiary alicyclic amines) is 1. The van der Waals surface area contributed by atoms with Crippen molar-refractivity contribution in [3.05, 3.63) is 19.9 Å². The number of carbonyl (C=O) groups is 1. The van der Waals surface area contributed by atoms with Gasteiger partial charge >= 0.3 is 0 Å². The van der Waals surface area contributed by atoms with Crippen molar-refractivity contribution in [1.82, 2.24) is 4.90 Å². The molecule has 2 heterocycles. The lowest BCUT2D eigenvalue weighted by Crippen LogP contribution is -2.41. The summed E-state index contributed by atoms with van der Waals surface area (Å²) >= 11 is 8.82. The van der Waals surface area contributed by atoms with Crippen LogP contribution in [-0.2, 0) is 0 Å². The second-order valence-corrected chi connectivity index (χ2v) is 7.39. The lowest BCUT2D eigenvalue weighted by molar-refractivity contribution is 0.0711. The molecule has 0 radical (unpaired) electrons. The van der Waals surface area contributed by atoms with Gasteiger partial charge in [-0.1, -0.05) is 12.2 Å². The summed E-state index contributed by atoms with van der Waals surface area (Å²) in [5, 5.41) is 1.92. The van der Waals surface area contributed by atoms with Gasteiger partial charge in [-0.25, -0.2) is 0 Å². The van der Waals surface area contributed by atoms with Gasteiger partial charge in [-0.3, -0.25) is 4.79 Å². The molecule has 1 amide bonds. The number of thiophene rings is 1. The summed E-state index contributed by atoms with van der Waals surface area (Å²) in [6, 6.07) is 1.94. The molecule has 2 rings (SSSR count). The van der Waals surface area contributed by atoms with E-state index in [0.717, 1.165) is 34.4 Å². The molecule has 0 aliphatic carbocycles. The number of hydrogen-bond acceptors (Lipinski definition) is 3. The fourth-order valence-corrected chi connectivity index (χ4v) is 3.53. The third kappa shape index (κ3) is 3.17. The average Bonchev–Trinajstić information content (AvgIpc) is 2.75. The van der Waals surface area contributed by atoms with Gasteiger partial charge in [0.05, 0.1) is 13.4 Å². The minimum atomic E-state index is 0.130. The first kappa shape index (κ1) is 13.2. The first-order valence-corrected chi connectivity index (χ1v) is 7.77. The standard InChI is InChI=1S/C11H13IN2OS2/c12-9-5-8(6-17-9)11(15)14-3-1-7(2-4-14)10(13)16/h5-7H,1-4H2,(H2,13,16). The van der Waals surface area contributed by atoms with Gasteiger partial charge in [0.15, 0.2) is 0 Å². The zero-order valence-electron chi connectivity index (χ0n) is 9.19. The van der Waals surface area contributed by atoms with Crippen LogP contribution in [0.2, 0.25) is 0 Å². The maximum Gasteiger partial charge on any atom is 0.254 e. The highest BCUT2D eigenvalue weighted by molar-refractivity contribution is 14.1. The molecule has 17 heavy (non-hydrogen) atoms. The third-order valence-electron chi connectivity index (χ3n) is 3.00. The van der Waals surface area contributed by atoms with Crippen LogP contribution in [0.15, 0.2) is 11.4 Å². The van der Waals surface area contributed by atoms with E-state index in [9.17, 15) is 4.79 Å². The van der Waals surface area contributed by atoms with Gasteiger partial charge in [-0.2, -0.15) is 0 Å². The van der Waals surface area contributed by atoms with Crippen LogP contribution in [0.3, 0.4) is 0 Å². The van der Waals surface area contributed by atoms with Crippen LogP contribution in [0.1, 0.15) is 23.2 Å². The Morgan fingerprint density at radius 3 is 2.65 bits per heavy atom. The Bertz CT molecular complexity index is 438. The Morgan fingerprint density at radius 2 is 2.18 bits per heavy atom. The van der Waals surface area contributed by atoms with Crippen molar-refractivity contribution in [3.8, 4) is 0 Å². The van der Waals surface area contributed by atoms with Crippen LogP contribution >= 0.6 is 46.1 Å². The summed E-state index contributed by atoms with van der Waals surface area (Å²) in [5.74, 6) is 0.433. The van der Waals surface area contributed by atoms with Crippen molar-refractivity contribution < 1.29 is 4.79 Å². The average molecular weight is 380 g/mol. The summed E-state index contributed by atoms with van der Waals surface area (Å²) < 4.78 is 1.14. The maximum absolute atomic E-state index is 12.2. The van der Waals surface area contributed by atoms with Gasteiger partial charge in [0.25, 0.3) is 5.91 Å². The maximum atomic E-state index is 12.2. The first-order chi connectivity index (χ1) is 8.08. The molecule has 0 bridgehead atoms. The van der Waals surface area contributed by atoms with E-state index >= 15 is 0 Å². The molecule has 1 fully saturated rings. The summed E-state index contributed by atoms with van der Waals surface area (Å²) in [7, 11) is 0. The lowest BCUT2D eigenvalue weighted by atomic mass is 9.96. The minimum absolute atomic E-state index is 0.130. The second-order valence-electron chi connectivity index (χ2n) is 4.11. The Labute approximate surface area is 124 Å². The van der Waals surface area contributed by atoms with Crippen molar-refractivity contribution in [2.75, 3.05) is 13.1 Å². The molecular weight excluding hydrogens is 367 g/mol. The summed E-state index contributed by atoms with van der Waals surface area (Å²) in [6.07, 6.45) is 1.78. The van der Waals surface area contributed by atoms with Crippen molar-refractivity contribution in [3.63, 3.8) is 0 Å². The van der Waals surface area contributed by atoms with Gasteiger partial charge in [-0.05, 0) is 41.5 Å². The molecule has 6 heteroatoms. The van der Waals surface area contributed by atoms with Crippen LogP contribution in [-0.4, -0.2) is 28.9 Å². The summed E-state index contributed by atoms with van der Waals surface area (Å²) in [4.78, 5) is 14.6. The SMILES string of the molecule is NC(=S)C1CCN(C(=O)c2csc(I)c2)CC1. The Hall–Kier alpha value is -0.210. The predicted molar refractivity (Wildman–Crippen MR) is 82.4 cm³/mol. The number of nitrogens with two attached hydrogens (primary N) is 1. The van der Waals surface area contributed by atoms with Crippen LogP contribution in [0.4, 0.5) is 0 Å². The van der Waals surface area contributed by atoms with Gasteiger partial charge in [0.2, 0.25) is 0 Å². The number of halogens is 1. The van der Waals surface area contributed by atoms with Crippen molar-refractivity contribution in [1.29, 1.82) is 0 Å². The van der Waals surface area contributed by atoms with E-state index < -0.39 is 0 Å². The molecule has 0 atom stereocenters. The van der Waals surface area contributed by atoms with Gasteiger partial charge in [0.1, 0.15) is 0 Å². The van der Waals surface area contributed by atoms with Crippen molar-refractivity contribution in [2.45, 2.75) is 12.8 Å². The molecule has 1 aliphatic rings. The zero-order chi connectivity index (χ0) is 12.4. The second kappa shape index (κ2) is 5.62. The number of piperidine rings is 1.